The highest BCUT2D eigenvalue weighted by Gasteiger charge is 1.95. The summed E-state index contributed by atoms with van der Waals surface area (Å²) in [6, 6.07) is 0. The Labute approximate surface area is 85.1 Å². The van der Waals surface area contributed by atoms with Gasteiger partial charge >= 0.3 is 0 Å². The first-order chi connectivity index (χ1) is 6.56. The number of guanidine groups is 2. The number of nitrogens with zero attached hydrogens (tertiary/aromatic N) is 3. The molecule has 0 aliphatic carbocycles. The zero-order valence-electron chi connectivity index (χ0n) is 9.12. The van der Waals surface area contributed by atoms with E-state index in [1.807, 2.05) is 14.1 Å². The first kappa shape index (κ1) is 12.7. The van der Waals surface area contributed by atoms with E-state index in [2.05, 4.69) is 20.2 Å². The third-order valence-corrected chi connectivity index (χ3v) is 1.51. The molecule has 0 aliphatic rings. The first-order valence-corrected chi connectivity index (χ1v) is 4.51. The molecule has 5 N–H and O–H groups in total. The fourth-order valence-electron chi connectivity index (χ4n) is 0.886. The van der Waals surface area contributed by atoms with Crippen molar-refractivity contribution in [2.45, 2.75) is 6.42 Å². The predicted octanol–water partition coefficient (Wildman–Crippen LogP) is -1.21. The van der Waals surface area contributed by atoms with Gasteiger partial charge in [0, 0.05) is 13.6 Å². The summed E-state index contributed by atoms with van der Waals surface area (Å²) in [7, 11) is 5.70. The van der Waals surface area contributed by atoms with Gasteiger partial charge in [-0.3, -0.25) is 4.99 Å². The molecule has 0 aliphatic heterocycles. The number of nitrogens with one attached hydrogen (secondary N) is 1. The highest BCUT2D eigenvalue weighted by Crippen LogP contribution is 1.82. The molecule has 0 aromatic heterocycles. The minimum Gasteiger partial charge on any atom is -0.370 e. The Bertz CT molecular complexity index is 204. The molecule has 0 rings (SSSR count). The van der Waals surface area contributed by atoms with Crippen molar-refractivity contribution in [1.29, 1.82) is 0 Å². The van der Waals surface area contributed by atoms with Crippen molar-refractivity contribution in [3.63, 3.8) is 0 Å². The molecule has 0 radical (unpaired) electrons. The van der Waals surface area contributed by atoms with E-state index in [1.54, 1.807) is 7.05 Å². The average molecular weight is 200 g/mol. The predicted molar refractivity (Wildman–Crippen MR) is 60.3 cm³/mol. The summed E-state index contributed by atoms with van der Waals surface area (Å²) in [5.74, 6) is 0.495. The number of rotatable bonds is 4. The maximum absolute atomic E-state index is 5.22. The van der Waals surface area contributed by atoms with Crippen LogP contribution < -0.4 is 16.8 Å². The van der Waals surface area contributed by atoms with Gasteiger partial charge in [0.15, 0.2) is 5.96 Å². The summed E-state index contributed by atoms with van der Waals surface area (Å²) in [6.07, 6.45) is 1.02. The van der Waals surface area contributed by atoms with Crippen LogP contribution in [0.3, 0.4) is 0 Å². The van der Waals surface area contributed by atoms with Crippen molar-refractivity contribution in [2.24, 2.45) is 21.5 Å². The third kappa shape index (κ3) is 7.35. The molecular weight excluding hydrogens is 180 g/mol. The highest BCUT2D eigenvalue weighted by molar-refractivity contribution is 5.93. The number of aliphatic imine (C=N–C) groups is 2. The second kappa shape index (κ2) is 7.14. The zero-order valence-corrected chi connectivity index (χ0v) is 9.12. The molecule has 0 fully saturated rings. The highest BCUT2D eigenvalue weighted by atomic mass is 15.2. The van der Waals surface area contributed by atoms with Crippen molar-refractivity contribution >= 4 is 11.9 Å². The van der Waals surface area contributed by atoms with Crippen LogP contribution in [0.1, 0.15) is 6.42 Å². The second-order valence-electron chi connectivity index (χ2n) is 3.17. The van der Waals surface area contributed by atoms with E-state index in [9.17, 15) is 0 Å². The van der Waals surface area contributed by atoms with Gasteiger partial charge in [0.05, 0.1) is 0 Å². The molecular formula is C8H20N6. The van der Waals surface area contributed by atoms with Gasteiger partial charge in [-0.1, -0.05) is 0 Å². The maximum Gasteiger partial charge on any atom is 0.220 e. The lowest BCUT2D eigenvalue weighted by atomic mass is 10.4. The van der Waals surface area contributed by atoms with Crippen LogP contribution >= 0.6 is 0 Å². The fraction of sp³-hybridized carbons (Fsp3) is 0.750. The zero-order chi connectivity index (χ0) is 11.0. The van der Waals surface area contributed by atoms with Crippen molar-refractivity contribution in [1.82, 2.24) is 10.2 Å². The van der Waals surface area contributed by atoms with Crippen LogP contribution in [-0.4, -0.2) is 51.1 Å². The molecule has 0 aromatic rings. The SMILES string of the molecule is CN=C(N=C(N)N)NCCCN(C)C. The fourth-order valence-corrected chi connectivity index (χ4v) is 0.886. The van der Waals surface area contributed by atoms with E-state index in [-0.39, 0.29) is 5.96 Å². The van der Waals surface area contributed by atoms with Gasteiger partial charge in [-0.25, -0.2) is 0 Å². The molecule has 0 heterocycles. The van der Waals surface area contributed by atoms with Crippen LogP contribution in [0.25, 0.3) is 0 Å². The quantitative estimate of drug-likeness (QED) is 0.301. The summed E-state index contributed by atoms with van der Waals surface area (Å²) in [6.45, 7) is 1.83. The molecule has 0 unspecified atom stereocenters. The first-order valence-electron chi connectivity index (χ1n) is 4.51. The van der Waals surface area contributed by atoms with Crippen LogP contribution in [0.4, 0.5) is 0 Å². The largest absolute Gasteiger partial charge is 0.370 e. The molecule has 0 saturated heterocycles. The minimum absolute atomic E-state index is 0.0192. The Morgan fingerprint density at radius 2 is 2.00 bits per heavy atom. The van der Waals surface area contributed by atoms with Crippen LogP contribution in [0.5, 0.6) is 0 Å². The second-order valence-corrected chi connectivity index (χ2v) is 3.17. The Morgan fingerprint density at radius 3 is 2.43 bits per heavy atom. The van der Waals surface area contributed by atoms with E-state index in [4.69, 9.17) is 11.5 Å². The Kier molecular flexibility index (Phi) is 6.47. The van der Waals surface area contributed by atoms with E-state index < -0.39 is 0 Å². The van der Waals surface area contributed by atoms with Crippen LogP contribution in [0.2, 0.25) is 0 Å². The third-order valence-electron chi connectivity index (χ3n) is 1.51. The van der Waals surface area contributed by atoms with Gasteiger partial charge < -0.3 is 21.7 Å². The molecule has 0 amide bonds. The van der Waals surface area contributed by atoms with Gasteiger partial charge in [-0.2, -0.15) is 4.99 Å². The van der Waals surface area contributed by atoms with Crippen molar-refractivity contribution in [3.8, 4) is 0 Å². The van der Waals surface area contributed by atoms with Crippen LogP contribution in [0, 0.1) is 0 Å². The lowest BCUT2D eigenvalue weighted by molar-refractivity contribution is 0.400. The van der Waals surface area contributed by atoms with Gasteiger partial charge in [-0.05, 0) is 27.1 Å². The average Bonchev–Trinajstić information content (AvgIpc) is 2.09. The number of hydrogen-bond acceptors (Lipinski definition) is 2. The molecule has 14 heavy (non-hydrogen) atoms. The van der Waals surface area contributed by atoms with E-state index >= 15 is 0 Å². The van der Waals surface area contributed by atoms with Crippen molar-refractivity contribution in [2.75, 3.05) is 34.2 Å². The molecule has 82 valence electrons. The summed E-state index contributed by atoms with van der Waals surface area (Å²) in [5, 5.41) is 3.03. The van der Waals surface area contributed by atoms with Crippen LogP contribution in [0.15, 0.2) is 9.98 Å². The minimum atomic E-state index is 0.0192. The maximum atomic E-state index is 5.22. The van der Waals surface area contributed by atoms with Gasteiger partial charge in [-0.15, -0.1) is 0 Å². The standard InChI is InChI=1S/C8H20N6/c1-11-8(13-7(9)10)12-5-4-6-14(2)3/h4-6H2,1-3H3,(H5,9,10,11,12,13). The molecule has 0 aromatic carbocycles. The number of nitrogens with two attached hydrogens (primary N) is 2. The van der Waals surface area contributed by atoms with E-state index in [1.165, 1.54) is 0 Å². The van der Waals surface area contributed by atoms with Crippen molar-refractivity contribution in [3.05, 3.63) is 0 Å². The molecule has 0 bridgehead atoms. The molecule has 0 spiro atoms. The molecule has 0 saturated carbocycles. The van der Waals surface area contributed by atoms with Gasteiger partial charge in [0.1, 0.15) is 0 Å². The lowest BCUT2D eigenvalue weighted by Gasteiger charge is -2.09. The van der Waals surface area contributed by atoms with Gasteiger partial charge in [0.2, 0.25) is 5.96 Å². The van der Waals surface area contributed by atoms with E-state index in [0.717, 1.165) is 19.5 Å². The lowest BCUT2D eigenvalue weighted by Crippen LogP contribution is -2.31. The molecule has 6 nitrogen and oxygen atoms in total. The van der Waals surface area contributed by atoms with Gasteiger partial charge in [0.25, 0.3) is 0 Å². The summed E-state index contributed by atoms with van der Waals surface area (Å²) in [4.78, 5) is 9.81. The Morgan fingerprint density at radius 1 is 1.36 bits per heavy atom. The molecule has 0 atom stereocenters. The topological polar surface area (TPSA) is 92.0 Å². The van der Waals surface area contributed by atoms with Crippen LogP contribution in [-0.2, 0) is 0 Å². The monoisotopic (exact) mass is 200 g/mol. The Balaban J connectivity index is 3.71. The molecule has 6 heteroatoms. The van der Waals surface area contributed by atoms with Crippen molar-refractivity contribution < 1.29 is 0 Å². The smallest absolute Gasteiger partial charge is 0.220 e. The summed E-state index contributed by atoms with van der Waals surface area (Å²) >= 11 is 0. The Hall–Kier alpha value is -1.30. The summed E-state index contributed by atoms with van der Waals surface area (Å²) < 4.78 is 0. The summed E-state index contributed by atoms with van der Waals surface area (Å²) in [5.41, 5.74) is 10.4. The normalized spacial score (nSPS) is 11.6. The number of hydrogen-bond donors (Lipinski definition) is 3. The van der Waals surface area contributed by atoms with E-state index in [0.29, 0.717) is 5.96 Å².